The van der Waals surface area contributed by atoms with Crippen molar-refractivity contribution in [1.29, 1.82) is 0 Å². The molecule has 0 saturated carbocycles. The summed E-state index contributed by atoms with van der Waals surface area (Å²) in [5, 5.41) is 9.38. The number of rotatable bonds is 6. The zero-order valence-corrected chi connectivity index (χ0v) is 13.0. The van der Waals surface area contributed by atoms with E-state index in [0.717, 1.165) is 24.5 Å². The van der Waals surface area contributed by atoms with E-state index in [9.17, 15) is 5.11 Å². The first-order valence-corrected chi connectivity index (χ1v) is 7.74. The minimum atomic E-state index is 0.0278. The van der Waals surface area contributed by atoms with Crippen LogP contribution in [0.1, 0.15) is 16.7 Å². The Morgan fingerprint density at radius 3 is 1.83 bits per heavy atom. The summed E-state index contributed by atoms with van der Waals surface area (Å²) in [6.07, 6.45) is 1.75. The number of hydrogen-bond acceptors (Lipinski definition) is 3. The Hall–Kier alpha value is -2.65. The highest BCUT2D eigenvalue weighted by atomic mass is 16.3. The van der Waals surface area contributed by atoms with Gasteiger partial charge in [-0.2, -0.15) is 0 Å². The number of aliphatic hydroxyl groups is 1. The van der Waals surface area contributed by atoms with Gasteiger partial charge in [-0.1, -0.05) is 60.7 Å². The van der Waals surface area contributed by atoms with Gasteiger partial charge in [-0.3, -0.25) is 0 Å². The lowest BCUT2D eigenvalue weighted by molar-refractivity contribution is 0.281. The van der Waals surface area contributed by atoms with Gasteiger partial charge in [-0.15, -0.1) is 0 Å². The molecule has 0 bridgehead atoms. The molecule has 0 fully saturated rings. The molecule has 0 radical (unpaired) electrons. The predicted octanol–water partition coefficient (Wildman–Crippen LogP) is 3.78. The van der Waals surface area contributed by atoms with Crippen molar-refractivity contribution >= 4 is 5.82 Å². The molecule has 0 aliphatic rings. The number of hydrogen-bond donors (Lipinski definition) is 1. The zero-order valence-electron chi connectivity index (χ0n) is 13.0. The second-order valence-electron chi connectivity index (χ2n) is 5.51. The van der Waals surface area contributed by atoms with Gasteiger partial charge in [-0.05, 0) is 28.8 Å². The molecular weight excluding hydrogens is 284 g/mol. The second kappa shape index (κ2) is 7.56. The molecule has 23 heavy (non-hydrogen) atoms. The van der Waals surface area contributed by atoms with Gasteiger partial charge in [0.25, 0.3) is 0 Å². The van der Waals surface area contributed by atoms with Crippen molar-refractivity contribution < 1.29 is 5.11 Å². The van der Waals surface area contributed by atoms with Crippen LogP contribution in [-0.2, 0) is 19.7 Å². The third-order valence-corrected chi connectivity index (χ3v) is 3.75. The van der Waals surface area contributed by atoms with E-state index in [4.69, 9.17) is 0 Å². The van der Waals surface area contributed by atoms with E-state index < -0.39 is 0 Å². The number of aliphatic hydroxyl groups excluding tert-OH is 1. The fraction of sp³-hybridized carbons (Fsp3) is 0.150. The van der Waals surface area contributed by atoms with E-state index in [2.05, 4.69) is 34.1 Å². The van der Waals surface area contributed by atoms with Crippen LogP contribution in [0.4, 0.5) is 5.82 Å². The third kappa shape index (κ3) is 4.18. The highest BCUT2D eigenvalue weighted by molar-refractivity contribution is 5.43. The molecule has 0 spiro atoms. The molecule has 1 N–H and O–H groups in total. The van der Waals surface area contributed by atoms with Crippen LogP contribution in [0.3, 0.4) is 0 Å². The summed E-state index contributed by atoms with van der Waals surface area (Å²) in [6, 6.07) is 24.5. The van der Waals surface area contributed by atoms with Gasteiger partial charge in [-0.25, -0.2) is 4.98 Å². The SMILES string of the molecule is OCc1ccnc(N(Cc2ccccc2)Cc2ccccc2)c1. The monoisotopic (exact) mass is 304 g/mol. The van der Waals surface area contributed by atoms with Gasteiger partial charge < -0.3 is 10.0 Å². The Morgan fingerprint density at radius 1 is 0.739 bits per heavy atom. The van der Waals surface area contributed by atoms with Crippen LogP contribution < -0.4 is 4.90 Å². The lowest BCUT2D eigenvalue weighted by atomic mass is 10.1. The van der Waals surface area contributed by atoms with Crippen LogP contribution in [0.25, 0.3) is 0 Å². The van der Waals surface area contributed by atoms with E-state index >= 15 is 0 Å². The van der Waals surface area contributed by atoms with Crippen molar-refractivity contribution in [3.8, 4) is 0 Å². The normalized spacial score (nSPS) is 10.5. The molecule has 0 aliphatic heterocycles. The van der Waals surface area contributed by atoms with Crippen LogP contribution in [0.2, 0.25) is 0 Å². The minimum absolute atomic E-state index is 0.0278. The minimum Gasteiger partial charge on any atom is -0.392 e. The predicted molar refractivity (Wildman–Crippen MR) is 92.9 cm³/mol. The van der Waals surface area contributed by atoms with Crippen LogP contribution in [0, 0.1) is 0 Å². The number of anilines is 1. The van der Waals surface area contributed by atoms with Crippen molar-refractivity contribution in [2.45, 2.75) is 19.7 Å². The molecule has 1 heterocycles. The van der Waals surface area contributed by atoms with Crippen molar-refractivity contribution in [2.24, 2.45) is 0 Å². The maximum atomic E-state index is 9.38. The summed E-state index contributed by atoms with van der Waals surface area (Å²) in [6.45, 7) is 1.58. The maximum absolute atomic E-state index is 9.38. The maximum Gasteiger partial charge on any atom is 0.129 e. The van der Waals surface area contributed by atoms with Gasteiger partial charge >= 0.3 is 0 Å². The number of benzene rings is 2. The van der Waals surface area contributed by atoms with Gasteiger partial charge in [0.05, 0.1) is 6.61 Å². The van der Waals surface area contributed by atoms with Gasteiger partial charge in [0.1, 0.15) is 5.82 Å². The summed E-state index contributed by atoms with van der Waals surface area (Å²) in [5.74, 6) is 0.879. The smallest absolute Gasteiger partial charge is 0.129 e. The van der Waals surface area contributed by atoms with Crippen molar-refractivity contribution in [2.75, 3.05) is 4.90 Å². The Bertz CT molecular complexity index is 687. The number of pyridine rings is 1. The van der Waals surface area contributed by atoms with Crippen LogP contribution in [0.15, 0.2) is 79.0 Å². The molecule has 3 nitrogen and oxygen atoms in total. The third-order valence-electron chi connectivity index (χ3n) is 3.75. The van der Waals surface area contributed by atoms with E-state index in [1.54, 1.807) is 6.20 Å². The van der Waals surface area contributed by atoms with E-state index in [-0.39, 0.29) is 6.61 Å². The topological polar surface area (TPSA) is 36.4 Å². The van der Waals surface area contributed by atoms with E-state index in [1.165, 1.54) is 11.1 Å². The zero-order chi connectivity index (χ0) is 15.9. The number of aromatic nitrogens is 1. The van der Waals surface area contributed by atoms with Crippen LogP contribution >= 0.6 is 0 Å². The quantitative estimate of drug-likeness (QED) is 0.753. The number of nitrogens with zero attached hydrogens (tertiary/aromatic N) is 2. The lowest BCUT2D eigenvalue weighted by Gasteiger charge is -2.24. The molecule has 3 heteroatoms. The Balaban J connectivity index is 1.88. The highest BCUT2D eigenvalue weighted by Crippen LogP contribution is 2.19. The lowest BCUT2D eigenvalue weighted by Crippen LogP contribution is -2.23. The van der Waals surface area contributed by atoms with Crippen LogP contribution in [-0.4, -0.2) is 10.1 Å². The Kier molecular flexibility index (Phi) is 5.02. The fourth-order valence-electron chi connectivity index (χ4n) is 2.56. The van der Waals surface area contributed by atoms with Crippen LogP contribution in [0.5, 0.6) is 0 Å². The molecule has 2 aromatic carbocycles. The van der Waals surface area contributed by atoms with Crippen molar-refractivity contribution in [1.82, 2.24) is 4.98 Å². The van der Waals surface area contributed by atoms with Crippen molar-refractivity contribution in [3.05, 3.63) is 95.7 Å². The summed E-state index contributed by atoms with van der Waals surface area (Å²) in [4.78, 5) is 6.72. The molecule has 3 rings (SSSR count). The average molecular weight is 304 g/mol. The summed E-state index contributed by atoms with van der Waals surface area (Å²) in [5.41, 5.74) is 3.35. The largest absolute Gasteiger partial charge is 0.392 e. The molecule has 0 atom stereocenters. The van der Waals surface area contributed by atoms with Gasteiger partial charge in [0.2, 0.25) is 0 Å². The summed E-state index contributed by atoms with van der Waals surface area (Å²) >= 11 is 0. The molecule has 3 aromatic rings. The Labute approximate surface area is 136 Å². The molecule has 0 amide bonds. The molecule has 0 unspecified atom stereocenters. The molecule has 0 aliphatic carbocycles. The molecule has 0 saturated heterocycles. The molecule has 116 valence electrons. The van der Waals surface area contributed by atoms with E-state index in [1.807, 2.05) is 48.5 Å². The summed E-state index contributed by atoms with van der Waals surface area (Å²) in [7, 11) is 0. The van der Waals surface area contributed by atoms with Crippen molar-refractivity contribution in [3.63, 3.8) is 0 Å². The highest BCUT2D eigenvalue weighted by Gasteiger charge is 2.10. The summed E-state index contributed by atoms with van der Waals surface area (Å²) < 4.78 is 0. The van der Waals surface area contributed by atoms with Gasteiger partial charge in [0.15, 0.2) is 0 Å². The first kappa shape index (κ1) is 15.3. The van der Waals surface area contributed by atoms with E-state index in [0.29, 0.717) is 0 Å². The Morgan fingerprint density at radius 2 is 1.30 bits per heavy atom. The van der Waals surface area contributed by atoms with Gasteiger partial charge in [0, 0.05) is 19.3 Å². The molecule has 1 aromatic heterocycles. The second-order valence-corrected chi connectivity index (χ2v) is 5.51. The fourth-order valence-corrected chi connectivity index (χ4v) is 2.56. The standard InChI is InChI=1S/C20H20N2O/c23-16-19-11-12-21-20(13-19)22(14-17-7-3-1-4-8-17)15-18-9-5-2-6-10-18/h1-13,23H,14-16H2. The first-order valence-electron chi connectivity index (χ1n) is 7.74. The average Bonchev–Trinajstić information content (AvgIpc) is 2.63. The molecular formula is C20H20N2O. The first-order chi connectivity index (χ1) is 11.3.